The number of methoxy groups -OCH3 is 1. The first-order valence-electron chi connectivity index (χ1n) is 8.33. The molecule has 1 unspecified atom stereocenters. The first-order chi connectivity index (χ1) is 11.6. The van der Waals surface area contributed by atoms with Crippen LogP contribution < -0.4 is 5.32 Å². The molecule has 2 amide bonds. The Morgan fingerprint density at radius 1 is 1.38 bits per heavy atom. The Hall–Kier alpha value is -1.92. The van der Waals surface area contributed by atoms with Gasteiger partial charge in [0.05, 0.1) is 24.7 Å². The number of hydrogen-bond donors (Lipinski definition) is 2. The fourth-order valence-electron chi connectivity index (χ4n) is 3.66. The van der Waals surface area contributed by atoms with E-state index in [4.69, 9.17) is 4.74 Å². The molecule has 1 saturated heterocycles. The highest BCUT2D eigenvalue weighted by Crippen LogP contribution is 2.30. The predicted octanol–water partition coefficient (Wildman–Crippen LogP) is 0.127. The molecule has 1 aliphatic carbocycles. The molecule has 2 N–H and O–H groups in total. The van der Waals surface area contributed by atoms with Gasteiger partial charge in [0.2, 0.25) is 11.8 Å². The van der Waals surface area contributed by atoms with Gasteiger partial charge < -0.3 is 20.1 Å². The summed E-state index contributed by atoms with van der Waals surface area (Å²) >= 11 is 0. The Kier molecular flexibility index (Phi) is 4.87. The molecule has 0 bridgehead atoms. The highest BCUT2D eigenvalue weighted by atomic mass is 16.5. The molecular weight excluding hydrogens is 308 g/mol. The fourth-order valence-corrected chi connectivity index (χ4v) is 3.66. The number of benzene rings is 1. The van der Waals surface area contributed by atoms with Crippen LogP contribution in [0.15, 0.2) is 24.3 Å². The number of carbonyl (C=O) groups excluding carboxylic acids is 2. The lowest BCUT2D eigenvalue weighted by molar-refractivity contribution is -0.130. The average molecular weight is 332 g/mol. The number of amides is 2. The van der Waals surface area contributed by atoms with E-state index >= 15 is 0 Å². The highest BCUT2D eigenvalue weighted by molar-refractivity contribution is 5.89. The lowest BCUT2D eigenvalue weighted by atomic mass is 9.95. The fraction of sp³-hybridized carbons (Fsp3) is 0.556. The van der Waals surface area contributed by atoms with Crippen molar-refractivity contribution in [1.82, 2.24) is 10.2 Å². The minimum absolute atomic E-state index is 0.0139. The lowest BCUT2D eigenvalue weighted by Gasteiger charge is -2.29. The maximum absolute atomic E-state index is 12.6. The van der Waals surface area contributed by atoms with Gasteiger partial charge in [-0.3, -0.25) is 9.59 Å². The van der Waals surface area contributed by atoms with E-state index in [-0.39, 0.29) is 30.8 Å². The van der Waals surface area contributed by atoms with Gasteiger partial charge in [-0.15, -0.1) is 0 Å². The minimum Gasteiger partial charge on any atom is -0.394 e. The van der Waals surface area contributed by atoms with Gasteiger partial charge >= 0.3 is 0 Å². The molecule has 0 radical (unpaired) electrons. The van der Waals surface area contributed by atoms with Crippen molar-refractivity contribution < 1.29 is 19.4 Å². The molecular formula is C18H24N2O4. The smallest absolute Gasteiger partial charge is 0.225 e. The maximum atomic E-state index is 12.6. The van der Waals surface area contributed by atoms with Crippen LogP contribution in [0.3, 0.4) is 0 Å². The quantitative estimate of drug-likeness (QED) is 0.776. The van der Waals surface area contributed by atoms with E-state index in [1.165, 1.54) is 0 Å². The van der Waals surface area contributed by atoms with E-state index in [0.29, 0.717) is 32.5 Å². The van der Waals surface area contributed by atoms with Crippen molar-refractivity contribution in [2.24, 2.45) is 5.92 Å². The van der Waals surface area contributed by atoms with E-state index in [2.05, 4.69) is 5.32 Å². The maximum Gasteiger partial charge on any atom is 0.225 e. The second kappa shape index (κ2) is 6.91. The molecule has 3 rings (SSSR count). The van der Waals surface area contributed by atoms with Crippen LogP contribution >= 0.6 is 0 Å². The van der Waals surface area contributed by atoms with Crippen LogP contribution in [0, 0.1) is 5.92 Å². The molecule has 2 aliphatic rings. The summed E-state index contributed by atoms with van der Waals surface area (Å²) in [4.78, 5) is 26.3. The van der Waals surface area contributed by atoms with Crippen LogP contribution in [-0.2, 0) is 27.2 Å². The van der Waals surface area contributed by atoms with Crippen molar-refractivity contribution in [1.29, 1.82) is 0 Å². The third-order valence-electron chi connectivity index (χ3n) is 5.02. The number of nitrogens with one attached hydrogen (secondary N) is 1. The first kappa shape index (κ1) is 16.9. The Labute approximate surface area is 141 Å². The number of carbonyl (C=O) groups is 2. The van der Waals surface area contributed by atoms with Crippen LogP contribution in [0.4, 0.5) is 0 Å². The predicted molar refractivity (Wildman–Crippen MR) is 88.4 cm³/mol. The zero-order valence-corrected chi connectivity index (χ0v) is 14.0. The third-order valence-corrected chi connectivity index (χ3v) is 5.02. The van der Waals surface area contributed by atoms with Gasteiger partial charge in [0, 0.05) is 26.6 Å². The summed E-state index contributed by atoms with van der Waals surface area (Å²) in [5.41, 5.74) is 1.68. The van der Waals surface area contributed by atoms with Gasteiger partial charge in [-0.1, -0.05) is 24.3 Å². The zero-order chi connectivity index (χ0) is 17.2. The molecule has 6 heteroatoms. The zero-order valence-electron chi connectivity index (χ0n) is 14.0. The van der Waals surface area contributed by atoms with Crippen molar-refractivity contribution in [3.05, 3.63) is 35.4 Å². The molecule has 6 nitrogen and oxygen atoms in total. The van der Waals surface area contributed by atoms with Crippen molar-refractivity contribution in [2.75, 3.05) is 33.4 Å². The number of aliphatic hydroxyl groups is 1. The van der Waals surface area contributed by atoms with Crippen LogP contribution in [0.2, 0.25) is 0 Å². The van der Waals surface area contributed by atoms with E-state index in [1.807, 2.05) is 24.3 Å². The van der Waals surface area contributed by atoms with Crippen molar-refractivity contribution in [3.8, 4) is 0 Å². The Bertz CT molecular complexity index is 606. The van der Waals surface area contributed by atoms with Crippen molar-refractivity contribution in [3.63, 3.8) is 0 Å². The van der Waals surface area contributed by atoms with Gasteiger partial charge in [-0.2, -0.15) is 0 Å². The average Bonchev–Trinajstić information content (AvgIpc) is 3.13. The standard InChI is InChI=1S/C18H24N2O4/c1-24-7-6-20-11-15(8-16(20)22)17(23)19-18(12-21)9-13-4-2-3-5-14(13)10-18/h2-5,15,21H,6-12H2,1H3,(H,19,23). The normalized spacial score (nSPS) is 21.8. The molecule has 130 valence electrons. The van der Waals surface area contributed by atoms with E-state index < -0.39 is 5.54 Å². The molecule has 24 heavy (non-hydrogen) atoms. The molecule has 1 heterocycles. The van der Waals surface area contributed by atoms with Gasteiger partial charge in [-0.25, -0.2) is 0 Å². The molecule has 0 saturated carbocycles. The Morgan fingerprint density at radius 2 is 2.04 bits per heavy atom. The summed E-state index contributed by atoms with van der Waals surface area (Å²) in [5.74, 6) is -0.522. The van der Waals surface area contributed by atoms with Crippen LogP contribution in [0.5, 0.6) is 0 Å². The Balaban J connectivity index is 1.63. The molecule has 0 spiro atoms. The molecule has 1 aromatic rings. The number of likely N-dealkylation sites (tertiary alicyclic amines) is 1. The van der Waals surface area contributed by atoms with Crippen LogP contribution in [0.25, 0.3) is 0 Å². The van der Waals surface area contributed by atoms with Crippen molar-refractivity contribution >= 4 is 11.8 Å². The summed E-state index contributed by atoms with van der Waals surface area (Å²) in [5, 5.41) is 12.9. The largest absolute Gasteiger partial charge is 0.394 e. The minimum atomic E-state index is -0.649. The number of fused-ring (bicyclic) bond motifs is 1. The number of rotatable bonds is 6. The van der Waals surface area contributed by atoms with Crippen molar-refractivity contribution in [2.45, 2.75) is 24.8 Å². The number of nitrogens with zero attached hydrogens (tertiary/aromatic N) is 1. The molecule has 1 fully saturated rings. The summed E-state index contributed by atoms with van der Waals surface area (Å²) in [6.07, 6.45) is 1.48. The van der Waals surface area contributed by atoms with Gasteiger partial charge in [0.15, 0.2) is 0 Å². The van der Waals surface area contributed by atoms with E-state index in [1.54, 1.807) is 12.0 Å². The Morgan fingerprint density at radius 3 is 2.62 bits per heavy atom. The molecule has 1 aromatic carbocycles. The lowest BCUT2D eigenvalue weighted by Crippen LogP contribution is -2.54. The monoisotopic (exact) mass is 332 g/mol. The number of aliphatic hydroxyl groups excluding tert-OH is 1. The first-order valence-corrected chi connectivity index (χ1v) is 8.33. The molecule has 1 aliphatic heterocycles. The van der Waals surface area contributed by atoms with Crippen LogP contribution in [0.1, 0.15) is 17.5 Å². The topological polar surface area (TPSA) is 78.9 Å². The van der Waals surface area contributed by atoms with Gasteiger partial charge in [0.1, 0.15) is 0 Å². The highest BCUT2D eigenvalue weighted by Gasteiger charge is 2.41. The molecule has 0 aromatic heterocycles. The second-order valence-corrected chi connectivity index (χ2v) is 6.78. The van der Waals surface area contributed by atoms with E-state index in [9.17, 15) is 14.7 Å². The number of hydrogen-bond acceptors (Lipinski definition) is 4. The van der Waals surface area contributed by atoms with E-state index in [0.717, 1.165) is 11.1 Å². The third kappa shape index (κ3) is 3.30. The summed E-state index contributed by atoms with van der Waals surface area (Å²) in [6, 6.07) is 8.00. The van der Waals surface area contributed by atoms with Gasteiger partial charge in [0.25, 0.3) is 0 Å². The summed E-state index contributed by atoms with van der Waals surface area (Å²) < 4.78 is 5.00. The summed E-state index contributed by atoms with van der Waals surface area (Å²) in [6.45, 7) is 1.29. The second-order valence-electron chi connectivity index (χ2n) is 6.78. The van der Waals surface area contributed by atoms with Gasteiger partial charge in [-0.05, 0) is 24.0 Å². The number of ether oxygens (including phenoxy) is 1. The summed E-state index contributed by atoms with van der Waals surface area (Å²) in [7, 11) is 1.59. The van der Waals surface area contributed by atoms with Crippen LogP contribution in [-0.4, -0.2) is 60.8 Å². The SMILES string of the molecule is COCCN1CC(C(=O)NC2(CO)Cc3ccccc3C2)CC1=O. The molecule has 1 atom stereocenters.